The fraction of sp³-hybridized carbons (Fsp3) is 0.130. The van der Waals surface area contributed by atoms with Gasteiger partial charge in [0, 0.05) is 41.9 Å². The van der Waals surface area contributed by atoms with E-state index in [9.17, 15) is 9.18 Å². The van der Waals surface area contributed by atoms with E-state index in [1.807, 2.05) is 18.3 Å². The molecule has 5 nitrogen and oxygen atoms in total. The molecule has 0 aliphatic carbocycles. The summed E-state index contributed by atoms with van der Waals surface area (Å²) in [6.45, 7) is 1.04. The zero-order valence-corrected chi connectivity index (χ0v) is 15.8. The van der Waals surface area contributed by atoms with Crippen LogP contribution in [0.3, 0.4) is 0 Å². The van der Waals surface area contributed by atoms with Crippen LogP contribution in [0.4, 0.5) is 10.2 Å². The SMILES string of the molecule is O=C(NCc1ccc(F)cc1)c1ccnc(NCCc2c[nH]c3ccccc23)c1. The number of aromatic nitrogens is 2. The van der Waals surface area contributed by atoms with Crippen LogP contribution in [-0.2, 0) is 13.0 Å². The molecule has 6 heteroatoms. The van der Waals surface area contributed by atoms with E-state index in [1.165, 1.54) is 23.1 Å². The van der Waals surface area contributed by atoms with Crippen LogP contribution in [0.25, 0.3) is 10.9 Å². The molecule has 0 atom stereocenters. The number of halogens is 1. The number of hydrogen-bond acceptors (Lipinski definition) is 3. The molecule has 2 aromatic heterocycles. The number of carbonyl (C=O) groups is 1. The van der Waals surface area contributed by atoms with Crippen LogP contribution in [0.5, 0.6) is 0 Å². The highest BCUT2D eigenvalue weighted by atomic mass is 19.1. The minimum absolute atomic E-state index is 0.198. The number of hydrogen-bond donors (Lipinski definition) is 3. The normalized spacial score (nSPS) is 10.8. The topological polar surface area (TPSA) is 69.8 Å². The predicted octanol–water partition coefficient (Wildman–Crippen LogP) is 4.29. The number of amides is 1. The summed E-state index contributed by atoms with van der Waals surface area (Å²) in [6.07, 6.45) is 4.48. The van der Waals surface area contributed by atoms with Gasteiger partial charge >= 0.3 is 0 Å². The second-order valence-electron chi connectivity index (χ2n) is 6.78. The van der Waals surface area contributed by atoms with E-state index < -0.39 is 0 Å². The van der Waals surface area contributed by atoms with Gasteiger partial charge in [-0.1, -0.05) is 30.3 Å². The first-order valence-corrected chi connectivity index (χ1v) is 9.46. The molecule has 0 radical (unpaired) electrons. The minimum atomic E-state index is -0.294. The third kappa shape index (κ3) is 4.60. The molecule has 2 heterocycles. The van der Waals surface area contributed by atoms with E-state index in [0.29, 0.717) is 24.5 Å². The maximum atomic E-state index is 13.0. The molecule has 3 N–H and O–H groups in total. The van der Waals surface area contributed by atoms with E-state index >= 15 is 0 Å². The fourth-order valence-corrected chi connectivity index (χ4v) is 3.22. The highest BCUT2D eigenvalue weighted by Crippen LogP contribution is 2.18. The molecule has 29 heavy (non-hydrogen) atoms. The summed E-state index contributed by atoms with van der Waals surface area (Å²) in [5.41, 5.74) is 3.73. The summed E-state index contributed by atoms with van der Waals surface area (Å²) in [4.78, 5) is 20.0. The smallest absolute Gasteiger partial charge is 0.251 e. The lowest BCUT2D eigenvalue weighted by Gasteiger charge is -2.08. The molecule has 0 bridgehead atoms. The van der Waals surface area contributed by atoms with Crippen LogP contribution in [0, 0.1) is 5.82 Å². The number of fused-ring (bicyclic) bond motifs is 1. The average molecular weight is 388 g/mol. The third-order valence-corrected chi connectivity index (χ3v) is 4.76. The van der Waals surface area contributed by atoms with Crippen molar-refractivity contribution >= 4 is 22.6 Å². The highest BCUT2D eigenvalue weighted by molar-refractivity contribution is 5.94. The van der Waals surface area contributed by atoms with Crippen LogP contribution < -0.4 is 10.6 Å². The minimum Gasteiger partial charge on any atom is -0.370 e. The zero-order valence-electron chi connectivity index (χ0n) is 15.8. The van der Waals surface area contributed by atoms with Crippen molar-refractivity contribution in [3.05, 3.63) is 95.6 Å². The van der Waals surface area contributed by atoms with Gasteiger partial charge in [0.25, 0.3) is 5.91 Å². The van der Waals surface area contributed by atoms with Gasteiger partial charge in [-0.15, -0.1) is 0 Å². The van der Waals surface area contributed by atoms with Gasteiger partial charge in [-0.25, -0.2) is 9.37 Å². The lowest BCUT2D eigenvalue weighted by atomic mass is 10.1. The first-order valence-electron chi connectivity index (χ1n) is 9.46. The monoisotopic (exact) mass is 388 g/mol. The Kier molecular flexibility index (Phi) is 5.52. The highest BCUT2D eigenvalue weighted by Gasteiger charge is 2.08. The molecule has 0 spiro atoms. The van der Waals surface area contributed by atoms with Gasteiger partial charge in [0.2, 0.25) is 0 Å². The lowest BCUT2D eigenvalue weighted by Crippen LogP contribution is -2.23. The number of para-hydroxylation sites is 1. The standard InChI is InChI=1S/C23H21FN4O/c24-19-7-5-16(6-8-19)14-28-23(29)17-9-11-25-22(13-17)26-12-10-18-15-27-21-4-2-1-3-20(18)21/h1-9,11,13,15,27H,10,12,14H2,(H,25,26)(H,28,29). The molecule has 0 fully saturated rings. The molecule has 2 aromatic carbocycles. The van der Waals surface area contributed by atoms with Crippen molar-refractivity contribution in [3.63, 3.8) is 0 Å². The zero-order chi connectivity index (χ0) is 20.1. The molecular weight excluding hydrogens is 367 g/mol. The maximum Gasteiger partial charge on any atom is 0.251 e. The van der Waals surface area contributed by atoms with Gasteiger partial charge < -0.3 is 15.6 Å². The summed E-state index contributed by atoms with van der Waals surface area (Å²) in [5, 5.41) is 7.33. The van der Waals surface area contributed by atoms with Crippen molar-refractivity contribution in [2.75, 3.05) is 11.9 Å². The number of benzene rings is 2. The number of nitrogens with zero attached hydrogens (tertiary/aromatic N) is 1. The Morgan fingerprint density at radius 3 is 2.76 bits per heavy atom. The maximum absolute atomic E-state index is 13.0. The number of pyridine rings is 1. The Morgan fingerprint density at radius 1 is 1.07 bits per heavy atom. The Hall–Kier alpha value is -3.67. The van der Waals surface area contributed by atoms with Gasteiger partial charge in [0.05, 0.1) is 0 Å². The van der Waals surface area contributed by atoms with Gasteiger partial charge in [-0.2, -0.15) is 0 Å². The molecule has 0 aliphatic heterocycles. The number of carbonyl (C=O) groups excluding carboxylic acids is 1. The predicted molar refractivity (Wildman–Crippen MR) is 112 cm³/mol. The van der Waals surface area contributed by atoms with E-state index in [-0.39, 0.29) is 11.7 Å². The Morgan fingerprint density at radius 2 is 1.90 bits per heavy atom. The second-order valence-corrected chi connectivity index (χ2v) is 6.78. The number of aromatic amines is 1. The molecule has 0 saturated heterocycles. The lowest BCUT2D eigenvalue weighted by molar-refractivity contribution is 0.0951. The van der Waals surface area contributed by atoms with Gasteiger partial charge in [0.15, 0.2) is 0 Å². The molecule has 4 rings (SSSR count). The number of rotatable bonds is 7. The van der Waals surface area contributed by atoms with E-state index in [2.05, 4.69) is 32.7 Å². The largest absolute Gasteiger partial charge is 0.370 e. The molecule has 0 unspecified atom stereocenters. The fourth-order valence-electron chi connectivity index (χ4n) is 3.22. The van der Waals surface area contributed by atoms with Crippen LogP contribution >= 0.6 is 0 Å². The summed E-state index contributed by atoms with van der Waals surface area (Å²) < 4.78 is 13.0. The summed E-state index contributed by atoms with van der Waals surface area (Å²) in [5.74, 6) is 0.160. The van der Waals surface area contributed by atoms with Gasteiger partial charge in [0.1, 0.15) is 11.6 Å². The first kappa shape index (κ1) is 18.7. The van der Waals surface area contributed by atoms with Crippen molar-refractivity contribution in [1.29, 1.82) is 0 Å². The van der Waals surface area contributed by atoms with E-state index in [0.717, 1.165) is 17.5 Å². The molecule has 146 valence electrons. The van der Waals surface area contributed by atoms with Crippen LogP contribution in [0.2, 0.25) is 0 Å². The van der Waals surface area contributed by atoms with Crippen LogP contribution in [0.1, 0.15) is 21.5 Å². The summed E-state index contributed by atoms with van der Waals surface area (Å²) >= 11 is 0. The quantitative estimate of drug-likeness (QED) is 0.442. The van der Waals surface area contributed by atoms with Gasteiger partial charge in [-0.05, 0) is 47.9 Å². The molecule has 0 saturated carbocycles. The summed E-state index contributed by atoms with van der Waals surface area (Å²) in [6, 6.07) is 17.7. The number of nitrogens with one attached hydrogen (secondary N) is 3. The van der Waals surface area contributed by atoms with Crippen molar-refractivity contribution < 1.29 is 9.18 Å². The molecule has 0 aliphatic rings. The average Bonchev–Trinajstić information content (AvgIpc) is 3.16. The Labute approximate surface area is 168 Å². The van der Waals surface area contributed by atoms with Crippen molar-refractivity contribution in [2.45, 2.75) is 13.0 Å². The number of anilines is 1. The van der Waals surface area contributed by atoms with Crippen molar-refractivity contribution in [1.82, 2.24) is 15.3 Å². The Bertz CT molecular complexity index is 1120. The Balaban J connectivity index is 1.33. The van der Waals surface area contributed by atoms with E-state index in [1.54, 1.807) is 30.5 Å². The summed E-state index contributed by atoms with van der Waals surface area (Å²) in [7, 11) is 0. The van der Waals surface area contributed by atoms with Crippen molar-refractivity contribution in [3.8, 4) is 0 Å². The molecule has 1 amide bonds. The van der Waals surface area contributed by atoms with Crippen LogP contribution in [-0.4, -0.2) is 22.4 Å². The second kappa shape index (κ2) is 8.56. The van der Waals surface area contributed by atoms with Crippen LogP contribution in [0.15, 0.2) is 73.1 Å². The molecular formula is C23H21FN4O. The van der Waals surface area contributed by atoms with Crippen molar-refractivity contribution in [2.24, 2.45) is 0 Å². The first-order chi connectivity index (χ1) is 14.2. The van der Waals surface area contributed by atoms with E-state index in [4.69, 9.17) is 0 Å². The number of H-pyrrole nitrogens is 1. The third-order valence-electron chi connectivity index (χ3n) is 4.76. The van der Waals surface area contributed by atoms with Gasteiger partial charge in [-0.3, -0.25) is 4.79 Å². The molecule has 4 aromatic rings.